The van der Waals surface area contributed by atoms with Crippen LogP contribution in [0.2, 0.25) is 0 Å². The van der Waals surface area contributed by atoms with Gasteiger partial charge in [-0.1, -0.05) is 115 Å². The van der Waals surface area contributed by atoms with Gasteiger partial charge < -0.3 is 10.6 Å². The van der Waals surface area contributed by atoms with E-state index in [-0.39, 0.29) is 74.3 Å². The lowest BCUT2D eigenvalue weighted by atomic mass is 10.3. The molecule has 0 saturated heterocycles. The Bertz CT molecular complexity index is 63.0. The molecule has 0 aliphatic heterocycles. The van der Waals surface area contributed by atoms with Gasteiger partial charge in [0.05, 0.1) is 0 Å². The molecular weight excluding hydrogens is 292 g/mol. The highest BCUT2D eigenvalue weighted by Crippen LogP contribution is 1.86. The zero-order valence-corrected chi connectivity index (χ0v) is 11.3. The van der Waals surface area contributed by atoms with Crippen LogP contribution in [-0.2, 0) is 0 Å². The van der Waals surface area contributed by atoms with Crippen molar-refractivity contribution in [2.45, 2.75) is 128 Å². The van der Waals surface area contributed by atoms with Crippen LogP contribution in [0.25, 0.3) is 0 Å². The molecule has 0 aromatic heterocycles. The Morgan fingerprint density at radius 2 is 0.833 bits per heavy atom. The van der Waals surface area contributed by atoms with E-state index >= 15 is 0 Å². The van der Waals surface area contributed by atoms with Gasteiger partial charge in [-0.15, -0.1) is 0 Å². The molecule has 170 valence electrons. The third-order valence-electron chi connectivity index (χ3n) is 1.52. The molecule has 0 atom stereocenters. The summed E-state index contributed by atoms with van der Waals surface area (Å²) in [6, 6.07) is 0. The number of hydrogen-bond donors (Lipinski definition) is 1. The van der Waals surface area contributed by atoms with Gasteiger partial charge in [-0.2, -0.15) is 0 Å². The largest absolute Gasteiger partial charge is 0.330 e. The monoisotopic (exact) mass is 365 g/mol. The summed E-state index contributed by atoms with van der Waals surface area (Å²) in [7, 11) is 4.21. The van der Waals surface area contributed by atoms with Crippen molar-refractivity contribution < 1.29 is 0 Å². The first-order valence-electron chi connectivity index (χ1n) is 6.03. The second-order valence-electron chi connectivity index (χ2n) is 3.30. The molecule has 0 spiro atoms. The first-order valence-corrected chi connectivity index (χ1v) is 6.03. The lowest BCUT2D eigenvalue weighted by Crippen LogP contribution is -2.12. The van der Waals surface area contributed by atoms with E-state index in [0.717, 1.165) is 6.54 Å². The van der Waals surface area contributed by atoms with E-state index in [9.17, 15) is 0 Å². The molecule has 2 heteroatoms. The van der Waals surface area contributed by atoms with Crippen molar-refractivity contribution in [3.63, 3.8) is 0 Å². The third-order valence-corrected chi connectivity index (χ3v) is 1.52. The molecule has 0 aromatic carbocycles. The smallest absolute Gasteiger partial charge is 0.00249 e. The summed E-state index contributed by atoms with van der Waals surface area (Å²) in [6.45, 7) is 10.4. The van der Waals surface area contributed by atoms with Gasteiger partial charge in [0.25, 0.3) is 0 Å². The summed E-state index contributed by atoms with van der Waals surface area (Å²) >= 11 is 0. The zero-order valence-electron chi connectivity index (χ0n) is 11.3. The van der Waals surface area contributed by atoms with Crippen LogP contribution in [0.1, 0.15) is 128 Å². The van der Waals surface area contributed by atoms with E-state index in [0.29, 0.717) is 0 Å². The van der Waals surface area contributed by atoms with E-state index in [1.165, 1.54) is 32.2 Å². The minimum atomic E-state index is 0. The number of unbranched alkanes of at least 4 members (excludes halogenated alkanes) is 2. The van der Waals surface area contributed by atoms with Crippen molar-refractivity contribution in [1.82, 2.24) is 4.90 Å². The Hall–Kier alpha value is -0.0800. The van der Waals surface area contributed by atoms with E-state index in [1.54, 1.807) is 0 Å². The highest BCUT2D eigenvalue weighted by Gasteiger charge is 1.83. The maximum atomic E-state index is 5.14. The van der Waals surface area contributed by atoms with Gasteiger partial charge in [0.15, 0.2) is 0 Å². The summed E-state index contributed by atoms with van der Waals surface area (Å²) in [5, 5.41) is 0. The fourth-order valence-corrected chi connectivity index (χ4v) is 0.678. The zero-order chi connectivity index (χ0) is 11.8. The fourth-order valence-electron chi connectivity index (χ4n) is 0.678. The number of nitrogens with two attached hydrogens (primary N) is 1. The molecule has 0 aromatic rings. The molecule has 0 aliphatic rings. The van der Waals surface area contributed by atoms with E-state index in [1.807, 2.05) is 13.8 Å². The van der Waals surface area contributed by atoms with Crippen LogP contribution in [0.5, 0.6) is 0 Å². The second kappa shape index (κ2) is 138. The number of rotatable bonds is 5. The summed E-state index contributed by atoms with van der Waals surface area (Å²) in [5.41, 5.74) is 5.14. The van der Waals surface area contributed by atoms with Crippen molar-refractivity contribution >= 4 is 0 Å². The Kier molecular flexibility index (Phi) is 608. The van der Waals surface area contributed by atoms with Crippen molar-refractivity contribution in [1.29, 1.82) is 0 Å². The fraction of sp³-hybridized carbons (Fsp3) is 1.00. The van der Waals surface area contributed by atoms with Crippen LogP contribution in [0.4, 0.5) is 0 Å². The normalized spacial score (nSPS) is 5.00. The predicted molar refractivity (Wildman–Crippen MR) is 136 cm³/mol. The van der Waals surface area contributed by atoms with Gasteiger partial charge in [0.1, 0.15) is 0 Å². The average molecular weight is 365 g/mol. The number of nitrogens with zero attached hydrogens (tertiary/aromatic N) is 1. The molecule has 0 rings (SSSR count). The van der Waals surface area contributed by atoms with E-state index < -0.39 is 0 Å². The van der Waals surface area contributed by atoms with Gasteiger partial charge in [-0.05, 0) is 40.0 Å². The molecule has 0 aliphatic carbocycles. The van der Waals surface area contributed by atoms with Gasteiger partial charge in [-0.25, -0.2) is 0 Å². The van der Waals surface area contributed by atoms with Crippen molar-refractivity contribution in [2.24, 2.45) is 5.73 Å². The Morgan fingerprint density at radius 3 is 0.875 bits per heavy atom. The summed E-state index contributed by atoms with van der Waals surface area (Å²) in [4.78, 5) is 2.21. The van der Waals surface area contributed by atoms with Crippen LogP contribution in [-0.4, -0.2) is 32.1 Å². The standard InChI is InChI=1S/C6H15N.C4H11N.C2H6.10CH4/c1-4-5-6-7(2)3;1-2-3-4-5;1-2;;;;;;;;;;/h4-6H2,1-3H3;2-5H2,1H3;1-2H3;10*1H4. The quantitative estimate of drug-likeness (QED) is 0.526. The minimum absolute atomic E-state index is 0. The van der Waals surface area contributed by atoms with E-state index in [2.05, 4.69) is 32.8 Å². The molecule has 0 bridgehead atoms. The summed E-state index contributed by atoms with van der Waals surface area (Å²) < 4.78 is 0. The lowest BCUT2D eigenvalue weighted by Gasteiger charge is -2.05. The van der Waals surface area contributed by atoms with Crippen molar-refractivity contribution in [3.05, 3.63) is 0 Å². The Morgan fingerprint density at radius 1 is 0.583 bits per heavy atom. The second-order valence-corrected chi connectivity index (χ2v) is 3.30. The highest BCUT2D eigenvalue weighted by molar-refractivity contribution is 4.39. The number of hydrogen-bond acceptors (Lipinski definition) is 2. The molecule has 0 saturated carbocycles. The third kappa shape index (κ3) is 274. The van der Waals surface area contributed by atoms with Gasteiger partial charge in [-0.3, -0.25) is 0 Å². The van der Waals surface area contributed by atoms with Crippen LogP contribution < -0.4 is 5.73 Å². The molecule has 0 unspecified atom stereocenters. The molecular formula is C22H72N2. The molecule has 24 heavy (non-hydrogen) atoms. The first-order chi connectivity index (χ1) is 6.68. The maximum absolute atomic E-state index is 5.14. The summed E-state index contributed by atoms with van der Waals surface area (Å²) in [6.07, 6.45) is 5.02. The molecule has 2 N–H and O–H groups in total. The van der Waals surface area contributed by atoms with Gasteiger partial charge >= 0.3 is 0 Å². The Labute approximate surface area is 166 Å². The molecule has 0 heterocycles. The maximum Gasteiger partial charge on any atom is -0.00249 e. The molecule has 0 fully saturated rings. The van der Waals surface area contributed by atoms with Crippen LogP contribution in [0.3, 0.4) is 0 Å². The molecule has 0 amide bonds. The average Bonchev–Trinajstić information content (AvgIpc) is 2.20. The molecule has 2 nitrogen and oxygen atoms in total. The van der Waals surface area contributed by atoms with Crippen molar-refractivity contribution in [2.75, 3.05) is 27.2 Å². The van der Waals surface area contributed by atoms with Crippen molar-refractivity contribution in [3.8, 4) is 0 Å². The molecule has 0 radical (unpaired) electrons. The topological polar surface area (TPSA) is 29.3 Å². The first kappa shape index (κ1) is 105. The van der Waals surface area contributed by atoms with Crippen LogP contribution in [0.15, 0.2) is 0 Å². The van der Waals surface area contributed by atoms with Gasteiger partial charge in [0, 0.05) is 0 Å². The Balaban J connectivity index is -0.00000000609. The van der Waals surface area contributed by atoms with Gasteiger partial charge in [0.2, 0.25) is 0 Å². The SMILES string of the molecule is C.C.C.C.C.C.C.C.C.C.CC.CCCCN.CCCCN(C)C. The lowest BCUT2D eigenvalue weighted by molar-refractivity contribution is 0.398. The predicted octanol–water partition coefficient (Wildman–Crippen LogP) is 9.48. The van der Waals surface area contributed by atoms with Crippen LogP contribution in [0, 0.1) is 0 Å². The van der Waals surface area contributed by atoms with E-state index in [4.69, 9.17) is 5.73 Å². The summed E-state index contributed by atoms with van der Waals surface area (Å²) in [5.74, 6) is 0. The van der Waals surface area contributed by atoms with Crippen LogP contribution >= 0.6 is 0 Å². The minimum Gasteiger partial charge on any atom is -0.330 e. The highest BCUT2D eigenvalue weighted by atomic mass is 15.0.